The van der Waals surface area contributed by atoms with Crippen molar-refractivity contribution in [1.82, 2.24) is 15.2 Å². The van der Waals surface area contributed by atoms with E-state index in [9.17, 15) is 18.0 Å². The maximum absolute atomic E-state index is 12.8. The first-order chi connectivity index (χ1) is 13.3. The van der Waals surface area contributed by atoms with Gasteiger partial charge in [-0.2, -0.15) is 23.3 Å². The van der Waals surface area contributed by atoms with Crippen LogP contribution in [0.2, 0.25) is 0 Å². The number of methoxy groups -OCH3 is 1. The Morgan fingerprint density at radius 3 is 2.46 bits per heavy atom. The Morgan fingerprint density at radius 2 is 1.75 bits per heavy atom. The van der Waals surface area contributed by atoms with E-state index in [-0.39, 0.29) is 17.5 Å². The number of ether oxygens (including phenoxy) is 1. The van der Waals surface area contributed by atoms with Gasteiger partial charge < -0.3 is 15.4 Å². The largest absolute Gasteiger partial charge is 0.465 e. The fraction of sp³-hybridized carbons (Fsp3) is 0.111. The quantitative estimate of drug-likeness (QED) is 0.633. The molecule has 10 heteroatoms. The lowest BCUT2D eigenvalue weighted by molar-refractivity contribution is -0.137. The predicted octanol–water partition coefficient (Wildman–Crippen LogP) is 4.16. The Morgan fingerprint density at radius 1 is 1.04 bits per heavy atom. The predicted molar refractivity (Wildman–Crippen MR) is 95.6 cm³/mol. The van der Waals surface area contributed by atoms with E-state index in [2.05, 4.69) is 30.6 Å². The van der Waals surface area contributed by atoms with Gasteiger partial charge in [0.1, 0.15) is 0 Å². The molecule has 3 rings (SSSR count). The average molecular weight is 389 g/mol. The number of nitrogens with zero attached hydrogens (tertiary/aromatic N) is 3. The summed E-state index contributed by atoms with van der Waals surface area (Å²) in [6.07, 6.45) is -3.12. The van der Waals surface area contributed by atoms with Crippen molar-refractivity contribution in [2.24, 2.45) is 0 Å². The second kappa shape index (κ2) is 7.91. The van der Waals surface area contributed by atoms with Gasteiger partial charge in [-0.3, -0.25) is 0 Å². The highest BCUT2D eigenvalue weighted by molar-refractivity contribution is 5.90. The minimum atomic E-state index is -4.45. The van der Waals surface area contributed by atoms with E-state index >= 15 is 0 Å². The van der Waals surface area contributed by atoms with Crippen molar-refractivity contribution in [2.75, 3.05) is 17.7 Å². The van der Waals surface area contributed by atoms with Crippen molar-refractivity contribution in [3.8, 4) is 0 Å². The van der Waals surface area contributed by atoms with Crippen molar-refractivity contribution in [3.05, 3.63) is 65.9 Å². The minimum absolute atomic E-state index is 0.00782. The average Bonchev–Trinajstić information content (AvgIpc) is 2.67. The number of halogens is 3. The highest BCUT2D eigenvalue weighted by atomic mass is 19.4. The summed E-state index contributed by atoms with van der Waals surface area (Å²) in [4.78, 5) is 15.8. The first-order valence-electron chi connectivity index (χ1n) is 7.94. The molecule has 0 fully saturated rings. The first kappa shape index (κ1) is 19.1. The summed E-state index contributed by atoms with van der Waals surface area (Å²) in [5, 5.41) is 13.2. The fourth-order valence-corrected chi connectivity index (χ4v) is 2.31. The molecule has 2 aromatic carbocycles. The number of esters is 1. The summed E-state index contributed by atoms with van der Waals surface area (Å²) in [7, 11) is 1.28. The maximum Gasteiger partial charge on any atom is 0.416 e. The maximum atomic E-state index is 12.8. The number of benzene rings is 2. The van der Waals surface area contributed by atoms with Gasteiger partial charge in [0.25, 0.3) is 0 Å². The van der Waals surface area contributed by atoms with Crippen molar-refractivity contribution in [1.29, 1.82) is 0 Å². The Hall–Kier alpha value is -3.69. The molecule has 0 radical (unpaired) electrons. The Labute approximate surface area is 157 Å². The van der Waals surface area contributed by atoms with Crippen LogP contribution in [-0.4, -0.2) is 28.3 Å². The van der Waals surface area contributed by atoms with Crippen molar-refractivity contribution < 1.29 is 22.7 Å². The van der Waals surface area contributed by atoms with Gasteiger partial charge in [0, 0.05) is 11.4 Å². The van der Waals surface area contributed by atoms with Crippen LogP contribution in [0.25, 0.3) is 0 Å². The van der Waals surface area contributed by atoms with Crippen LogP contribution in [0.5, 0.6) is 0 Å². The molecule has 144 valence electrons. The van der Waals surface area contributed by atoms with E-state index in [1.807, 2.05) is 0 Å². The van der Waals surface area contributed by atoms with Gasteiger partial charge >= 0.3 is 12.1 Å². The van der Waals surface area contributed by atoms with Gasteiger partial charge in [0.2, 0.25) is 5.95 Å². The van der Waals surface area contributed by atoms with Gasteiger partial charge in [0.05, 0.1) is 24.4 Å². The van der Waals surface area contributed by atoms with Crippen LogP contribution in [0, 0.1) is 0 Å². The highest BCUT2D eigenvalue weighted by Gasteiger charge is 2.30. The molecule has 0 spiro atoms. The number of aromatic nitrogens is 3. The third kappa shape index (κ3) is 4.72. The van der Waals surface area contributed by atoms with Gasteiger partial charge in [-0.25, -0.2) is 4.79 Å². The summed E-state index contributed by atoms with van der Waals surface area (Å²) < 4.78 is 43.1. The standard InChI is InChI=1S/C18H14F3N5O2/c1-28-16(27)11-4-2-6-13(8-11)23-15-10-22-26-17(25-15)24-14-7-3-5-12(9-14)18(19,20)21/h2-10H,1H3,(H2,23,24,25,26). The van der Waals surface area contributed by atoms with E-state index in [1.165, 1.54) is 25.4 Å². The molecular formula is C18H14F3N5O2. The summed E-state index contributed by atoms with van der Waals surface area (Å²) in [5.41, 5.74) is 0.270. The summed E-state index contributed by atoms with van der Waals surface area (Å²) in [6.45, 7) is 0. The number of alkyl halides is 3. The molecule has 28 heavy (non-hydrogen) atoms. The topological polar surface area (TPSA) is 89.0 Å². The van der Waals surface area contributed by atoms with Crippen LogP contribution >= 0.6 is 0 Å². The highest BCUT2D eigenvalue weighted by Crippen LogP contribution is 2.31. The van der Waals surface area contributed by atoms with Crippen LogP contribution in [0.1, 0.15) is 15.9 Å². The number of carbonyl (C=O) groups excluding carboxylic acids is 1. The van der Waals surface area contributed by atoms with E-state index < -0.39 is 17.7 Å². The molecule has 0 bridgehead atoms. The molecule has 0 aliphatic heterocycles. The molecule has 2 N–H and O–H groups in total. The normalized spacial score (nSPS) is 11.0. The summed E-state index contributed by atoms with van der Waals surface area (Å²) in [6, 6.07) is 11.2. The lowest BCUT2D eigenvalue weighted by Crippen LogP contribution is -2.06. The minimum Gasteiger partial charge on any atom is -0.465 e. The molecule has 0 saturated heterocycles. The second-order valence-corrected chi connectivity index (χ2v) is 5.57. The number of nitrogens with one attached hydrogen (secondary N) is 2. The molecule has 0 atom stereocenters. The molecule has 0 saturated carbocycles. The van der Waals surface area contributed by atoms with Crippen molar-refractivity contribution >= 4 is 29.1 Å². The first-order valence-corrected chi connectivity index (χ1v) is 7.94. The monoisotopic (exact) mass is 389 g/mol. The third-order valence-electron chi connectivity index (χ3n) is 3.56. The van der Waals surface area contributed by atoms with Crippen LogP contribution in [0.15, 0.2) is 54.7 Å². The number of rotatable bonds is 5. The fourth-order valence-electron chi connectivity index (χ4n) is 2.31. The van der Waals surface area contributed by atoms with Gasteiger partial charge in [-0.1, -0.05) is 12.1 Å². The van der Waals surface area contributed by atoms with E-state index in [1.54, 1.807) is 24.3 Å². The zero-order chi connectivity index (χ0) is 20.1. The van der Waals surface area contributed by atoms with Crippen LogP contribution in [0.3, 0.4) is 0 Å². The lowest BCUT2D eigenvalue weighted by atomic mass is 10.2. The van der Waals surface area contributed by atoms with Crippen LogP contribution in [-0.2, 0) is 10.9 Å². The van der Waals surface area contributed by atoms with E-state index in [4.69, 9.17) is 0 Å². The summed E-state index contributed by atoms with van der Waals surface area (Å²) >= 11 is 0. The molecule has 0 unspecified atom stereocenters. The molecule has 0 aliphatic rings. The van der Waals surface area contributed by atoms with Gasteiger partial charge in [-0.15, -0.1) is 5.10 Å². The van der Waals surface area contributed by atoms with Crippen LogP contribution < -0.4 is 10.6 Å². The SMILES string of the molecule is COC(=O)c1cccc(Nc2cnnc(Nc3cccc(C(F)(F)F)c3)n2)c1. The molecule has 0 aliphatic carbocycles. The Bertz CT molecular complexity index is 995. The smallest absolute Gasteiger partial charge is 0.416 e. The number of hydrogen-bond acceptors (Lipinski definition) is 7. The summed E-state index contributed by atoms with van der Waals surface area (Å²) in [5.74, 6) is -0.198. The third-order valence-corrected chi connectivity index (χ3v) is 3.56. The van der Waals surface area contributed by atoms with E-state index in [0.29, 0.717) is 11.3 Å². The second-order valence-electron chi connectivity index (χ2n) is 5.57. The molecule has 1 heterocycles. The van der Waals surface area contributed by atoms with Crippen molar-refractivity contribution in [3.63, 3.8) is 0 Å². The Balaban J connectivity index is 1.77. The van der Waals surface area contributed by atoms with Gasteiger partial charge in [-0.05, 0) is 36.4 Å². The molecule has 3 aromatic rings. The zero-order valence-electron chi connectivity index (χ0n) is 14.5. The lowest BCUT2D eigenvalue weighted by Gasteiger charge is -2.10. The zero-order valence-corrected chi connectivity index (χ0v) is 14.5. The molecule has 1 aromatic heterocycles. The molecule has 0 amide bonds. The molecule has 7 nitrogen and oxygen atoms in total. The molecular weight excluding hydrogens is 375 g/mol. The van der Waals surface area contributed by atoms with Crippen LogP contribution in [0.4, 0.5) is 36.3 Å². The number of anilines is 4. The Kier molecular flexibility index (Phi) is 5.39. The van der Waals surface area contributed by atoms with E-state index in [0.717, 1.165) is 12.1 Å². The van der Waals surface area contributed by atoms with Gasteiger partial charge in [0.15, 0.2) is 5.82 Å². The number of carbonyl (C=O) groups is 1. The number of hydrogen-bond donors (Lipinski definition) is 2. The van der Waals surface area contributed by atoms with Crippen molar-refractivity contribution in [2.45, 2.75) is 6.18 Å².